The van der Waals surface area contributed by atoms with Crippen molar-refractivity contribution in [2.24, 2.45) is 23.7 Å². The van der Waals surface area contributed by atoms with Gasteiger partial charge >= 0.3 is 5.97 Å². The zero-order valence-corrected chi connectivity index (χ0v) is 17.0. The van der Waals surface area contributed by atoms with E-state index in [0.29, 0.717) is 24.2 Å². The molecule has 4 heteroatoms. The molecular weight excluding hydrogens is 340 g/mol. The van der Waals surface area contributed by atoms with Crippen molar-refractivity contribution in [1.82, 2.24) is 0 Å². The van der Waals surface area contributed by atoms with Crippen LogP contribution in [-0.4, -0.2) is 33.5 Å². The van der Waals surface area contributed by atoms with Gasteiger partial charge in [-0.2, -0.15) is 0 Å². The minimum absolute atomic E-state index is 0.137. The van der Waals surface area contributed by atoms with E-state index in [1.807, 2.05) is 6.08 Å². The maximum Gasteiger partial charge on any atom is 0.303 e. The summed E-state index contributed by atoms with van der Waals surface area (Å²) in [7, 11) is 0. The van der Waals surface area contributed by atoms with Crippen LogP contribution in [0.5, 0.6) is 0 Å². The number of aliphatic hydroxyl groups is 2. The van der Waals surface area contributed by atoms with Crippen molar-refractivity contribution in [2.75, 3.05) is 0 Å². The topological polar surface area (TPSA) is 77.8 Å². The Kier molecular flexibility index (Phi) is 9.04. The van der Waals surface area contributed by atoms with Gasteiger partial charge in [0.25, 0.3) is 0 Å². The predicted molar refractivity (Wildman–Crippen MR) is 108 cm³/mol. The molecule has 0 radical (unpaired) electrons. The minimum atomic E-state index is -0.729. The van der Waals surface area contributed by atoms with E-state index in [-0.39, 0.29) is 18.4 Å². The molecule has 0 bridgehead atoms. The summed E-state index contributed by atoms with van der Waals surface area (Å²) < 4.78 is 0. The first-order valence-electron chi connectivity index (χ1n) is 10.9. The van der Waals surface area contributed by atoms with Crippen LogP contribution in [0.25, 0.3) is 0 Å². The number of carbonyl (C=O) groups is 1. The molecule has 0 aliphatic heterocycles. The van der Waals surface area contributed by atoms with Gasteiger partial charge in [0.1, 0.15) is 0 Å². The number of allylic oxidation sites excluding steroid dienone is 2. The van der Waals surface area contributed by atoms with Gasteiger partial charge in [-0.1, -0.05) is 56.9 Å². The summed E-state index contributed by atoms with van der Waals surface area (Å²) in [5.74, 6) is 0.708. The first kappa shape index (κ1) is 22.2. The third-order valence-electron chi connectivity index (χ3n) is 6.60. The second-order valence-corrected chi connectivity index (χ2v) is 8.55. The number of fused-ring (bicyclic) bond motifs is 1. The third-order valence-corrected chi connectivity index (χ3v) is 6.60. The molecule has 2 aliphatic rings. The van der Waals surface area contributed by atoms with E-state index < -0.39 is 12.1 Å². The highest BCUT2D eigenvalue weighted by Crippen LogP contribution is 2.50. The van der Waals surface area contributed by atoms with Crippen molar-refractivity contribution in [3.05, 3.63) is 23.8 Å². The number of aliphatic hydroxyl groups excluding tert-OH is 2. The first-order chi connectivity index (χ1) is 13.0. The van der Waals surface area contributed by atoms with Gasteiger partial charge in [-0.05, 0) is 56.3 Å². The van der Waals surface area contributed by atoms with Crippen LogP contribution in [0.1, 0.15) is 78.1 Å². The minimum Gasteiger partial charge on any atom is -0.481 e. The maximum absolute atomic E-state index is 10.6. The Morgan fingerprint density at radius 3 is 2.70 bits per heavy atom. The fourth-order valence-corrected chi connectivity index (χ4v) is 4.98. The van der Waals surface area contributed by atoms with Crippen molar-refractivity contribution in [3.63, 3.8) is 0 Å². The fourth-order valence-electron chi connectivity index (χ4n) is 4.98. The number of carboxylic acids is 1. The Morgan fingerprint density at radius 1 is 1.26 bits per heavy atom. The summed E-state index contributed by atoms with van der Waals surface area (Å²) in [6, 6.07) is 0. The number of rotatable bonds is 11. The lowest BCUT2D eigenvalue weighted by atomic mass is 9.88. The van der Waals surface area contributed by atoms with Gasteiger partial charge in [0.15, 0.2) is 0 Å². The van der Waals surface area contributed by atoms with Crippen LogP contribution in [0.4, 0.5) is 0 Å². The largest absolute Gasteiger partial charge is 0.481 e. The van der Waals surface area contributed by atoms with Crippen molar-refractivity contribution < 1.29 is 20.1 Å². The standard InChI is InChI=1S/C23H38O4/c1-3-5-9-17(4-2)21(24)12-11-19-20-14-16(8-6-7-10-23(26)27)13-18(20)15-22(19)25/h8,11-12,17-22,24-25H,3-7,9-10,13-15H2,1-2H3,(H,26,27)/b12-11+,16-8+/t17?,18-,19-,20+,21+,22-/m1/s1. The molecule has 4 nitrogen and oxygen atoms in total. The van der Waals surface area contributed by atoms with Crippen LogP contribution in [0.3, 0.4) is 0 Å². The average molecular weight is 379 g/mol. The van der Waals surface area contributed by atoms with Gasteiger partial charge in [-0.3, -0.25) is 4.79 Å². The van der Waals surface area contributed by atoms with Crippen molar-refractivity contribution in [1.29, 1.82) is 0 Å². The smallest absolute Gasteiger partial charge is 0.303 e. The number of carboxylic acid groups (broad SMARTS) is 1. The molecule has 2 saturated carbocycles. The highest BCUT2D eigenvalue weighted by atomic mass is 16.4. The van der Waals surface area contributed by atoms with Crippen LogP contribution in [0.2, 0.25) is 0 Å². The number of aliphatic carboxylic acids is 1. The highest BCUT2D eigenvalue weighted by Gasteiger charge is 2.44. The molecule has 0 aromatic rings. The lowest BCUT2D eigenvalue weighted by Crippen LogP contribution is -2.20. The lowest BCUT2D eigenvalue weighted by Gasteiger charge is -2.21. The molecule has 2 fully saturated rings. The normalized spacial score (nSPS) is 31.5. The van der Waals surface area contributed by atoms with E-state index in [9.17, 15) is 15.0 Å². The Balaban J connectivity index is 1.90. The van der Waals surface area contributed by atoms with Gasteiger partial charge in [-0.25, -0.2) is 0 Å². The second kappa shape index (κ2) is 11.0. The third kappa shape index (κ3) is 6.46. The zero-order chi connectivity index (χ0) is 19.8. The molecule has 0 aromatic carbocycles. The SMILES string of the molecule is CCCCC(CC)[C@@H](O)/C=C/[C@@H]1[C@H]2C/C(=C/CCCC(=O)O)C[C@@H]2C[C@H]1O. The van der Waals surface area contributed by atoms with Gasteiger partial charge in [0.2, 0.25) is 0 Å². The molecule has 2 rings (SSSR count). The fraction of sp³-hybridized carbons (Fsp3) is 0.783. The number of hydrogen-bond acceptors (Lipinski definition) is 3. The summed E-state index contributed by atoms with van der Waals surface area (Å²) in [6.45, 7) is 4.31. The molecule has 3 N–H and O–H groups in total. The molecule has 0 saturated heterocycles. The predicted octanol–water partition coefficient (Wildman–Crippen LogP) is 4.71. The van der Waals surface area contributed by atoms with Crippen molar-refractivity contribution in [2.45, 2.75) is 90.3 Å². The Morgan fingerprint density at radius 2 is 2.04 bits per heavy atom. The lowest BCUT2D eigenvalue weighted by molar-refractivity contribution is -0.137. The summed E-state index contributed by atoms with van der Waals surface area (Å²) >= 11 is 0. The van der Waals surface area contributed by atoms with E-state index >= 15 is 0 Å². The molecular formula is C23H38O4. The summed E-state index contributed by atoms with van der Waals surface area (Å²) in [5, 5.41) is 29.8. The van der Waals surface area contributed by atoms with Crippen LogP contribution in [-0.2, 0) is 4.79 Å². The quantitative estimate of drug-likeness (QED) is 0.359. The molecule has 1 unspecified atom stereocenters. The molecule has 0 heterocycles. The van der Waals surface area contributed by atoms with E-state index in [1.54, 1.807) is 0 Å². The van der Waals surface area contributed by atoms with E-state index in [4.69, 9.17) is 5.11 Å². The van der Waals surface area contributed by atoms with Gasteiger partial charge in [0, 0.05) is 12.3 Å². The van der Waals surface area contributed by atoms with Crippen molar-refractivity contribution >= 4 is 5.97 Å². The summed E-state index contributed by atoms with van der Waals surface area (Å²) in [6.07, 6.45) is 14.5. The monoisotopic (exact) mass is 378 g/mol. The van der Waals surface area contributed by atoms with E-state index in [0.717, 1.165) is 51.4 Å². The Hall–Kier alpha value is -1.13. The Labute approximate surface area is 164 Å². The van der Waals surface area contributed by atoms with Gasteiger partial charge in [0.05, 0.1) is 12.2 Å². The van der Waals surface area contributed by atoms with Crippen LogP contribution < -0.4 is 0 Å². The molecule has 27 heavy (non-hydrogen) atoms. The van der Waals surface area contributed by atoms with Crippen LogP contribution in [0.15, 0.2) is 23.8 Å². The van der Waals surface area contributed by atoms with Gasteiger partial charge < -0.3 is 15.3 Å². The summed E-state index contributed by atoms with van der Waals surface area (Å²) in [5.41, 5.74) is 1.43. The molecule has 2 aliphatic carbocycles. The molecule has 154 valence electrons. The molecule has 0 spiro atoms. The first-order valence-corrected chi connectivity index (χ1v) is 10.9. The zero-order valence-electron chi connectivity index (χ0n) is 17.0. The molecule has 6 atom stereocenters. The second-order valence-electron chi connectivity index (χ2n) is 8.55. The maximum atomic E-state index is 10.6. The molecule has 0 aromatic heterocycles. The van der Waals surface area contributed by atoms with E-state index in [2.05, 4.69) is 26.0 Å². The average Bonchev–Trinajstić information content (AvgIpc) is 3.14. The Bertz CT molecular complexity index is 524. The summed E-state index contributed by atoms with van der Waals surface area (Å²) in [4.78, 5) is 10.6. The van der Waals surface area contributed by atoms with Gasteiger partial charge in [-0.15, -0.1) is 0 Å². The molecule has 0 amide bonds. The number of hydrogen-bond donors (Lipinski definition) is 3. The van der Waals surface area contributed by atoms with Crippen LogP contribution in [0, 0.1) is 23.7 Å². The highest BCUT2D eigenvalue weighted by molar-refractivity contribution is 5.66. The van der Waals surface area contributed by atoms with E-state index in [1.165, 1.54) is 5.57 Å². The number of unbranched alkanes of at least 4 members (excludes halogenated alkanes) is 2. The van der Waals surface area contributed by atoms with Crippen molar-refractivity contribution in [3.8, 4) is 0 Å². The van der Waals surface area contributed by atoms with Crippen LogP contribution >= 0.6 is 0 Å².